The zero-order chi connectivity index (χ0) is 3.41. The van der Waals surface area contributed by atoms with Crippen molar-refractivity contribution < 1.29 is 4.79 Å². The molecular formula is C2HNO. The predicted molar refractivity (Wildman–Crippen MR) is 12.7 cm³/mol. The quantitative estimate of drug-likeness (QED) is 0.283. The van der Waals surface area contributed by atoms with E-state index < -0.39 is 0 Å². The van der Waals surface area contributed by atoms with Crippen LogP contribution in [0.5, 0.6) is 0 Å². The van der Waals surface area contributed by atoms with Gasteiger partial charge in [0.2, 0.25) is 0 Å². The minimum Gasteiger partial charge on any atom is -0.318 e. The van der Waals surface area contributed by atoms with Gasteiger partial charge in [-0.1, -0.05) is 0 Å². The maximum absolute atomic E-state index is 8.82. The Bertz CT molecular complexity index is 51.5. The third kappa shape index (κ3) is 1.16. The second-order valence-corrected chi connectivity index (χ2v) is 0.235. The lowest BCUT2D eigenvalue weighted by Gasteiger charge is -1.31. The Labute approximate surface area is 23.9 Å². The van der Waals surface area contributed by atoms with Crippen molar-refractivity contribution in [3.8, 4) is 0 Å². The van der Waals surface area contributed by atoms with Crippen LogP contribution in [-0.4, -0.2) is 6.41 Å². The highest BCUT2D eigenvalue weighted by molar-refractivity contribution is 5.58. The van der Waals surface area contributed by atoms with Crippen molar-refractivity contribution >= 4 is 6.41 Å². The van der Waals surface area contributed by atoms with E-state index >= 15 is 0 Å². The van der Waals surface area contributed by atoms with Crippen LogP contribution in [0.25, 0.3) is 4.85 Å². The first-order chi connectivity index (χ1) is 1.91. The number of rotatable bonds is 0. The number of nitrogens with zero attached hydrogens (tertiary/aromatic N) is 1. The van der Waals surface area contributed by atoms with Crippen molar-refractivity contribution in [1.29, 1.82) is 0 Å². The first-order valence-electron chi connectivity index (χ1n) is 0.718. The molecule has 0 atom stereocenters. The molecule has 0 aliphatic rings. The average Bonchev–Trinajstić information content (AvgIpc) is 1.37. The van der Waals surface area contributed by atoms with Crippen LogP contribution < -0.4 is 0 Å². The molecule has 0 bridgehead atoms. The largest absolute Gasteiger partial charge is 0.344 e. The Morgan fingerprint density at radius 1 is 2.00 bits per heavy atom. The lowest BCUT2D eigenvalue weighted by molar-refractivity contribution is -0.104. The van der Waals surface area contributed by atoms with Crippen LogP contribution in [0.15, 0.2) is 0 Å². The lowest BCUT2D eigenvalue weighted by Crippen LogP contribution is -1.38. The first kappa shape index (κ1) is 3.16. The summed E-state index contributed by atoms with van der Waals surface area (Å²) in [5, 5.41) is 0. The van der Waals surface area contributed by atoms with Gasteiger partial charge in [0, 0.05) is 0 Å². The van der Waals surface area contributed by atoms with Crippen LogP contribution in [0.1, 0.15) is 0 Å². The van der Waals surface area contributed by atoms with Crippen molar-refractivity contribution in [2.75, 3.05) is 0 Å². The monoisotopic (exact) mass is 55.0 g/mol. The van der Waals surface area contributed by atoms with Gasteiger partial charge >= 0.3 is 6.41 Å². The fourth-order valence-corrected chi connectivity index (χ4v) is 0. The van der Waals surface area contributed by atoms with E-state index in [9.17, 15) is 0 Å². The number of hydrogen-bond donors (Lipinski definition) is 0. The minimum atomic E-state index is 0.167. The normalized spacial score (nSPS) is 3.75. The molecule has 0 aliphatic carbocycles. The molecule has 0 fully saturated rings. The number of carbonyl (C=O) groups is 1. The molecule has 2 nitrogen and oxygen atoms in total. The summed E-state index contributed by atoms with van der Waals surface area (Å²) in [6.07, 6.45) is 0.167. The third-order valence-corrected chi connectivity index (χ3v) is 0.0527. The Morgan fingerprint density at radius 2 is 2.25 bits per heavy atom. The highest BCUT2D eigenvalue weighted by Crippen LogP contribution is 1.34. The van der Waals surface area contributed by atoms with Crippen molar-refractivity contribution in [2.45, 2.75) is 0 Å². The summed E-state index contributed by atoms with van der Waals surface area (Å²) in [6.45, 7) is 5.71. The Kier molecular flexibility index (Phi) is 1.71. The fourth-order valence-electron chi connectivity index (χ4n) is 0. The van der Waals surface area contributed by atoms with Crippen molar-refractivity contribution in [3.05, 3.63) is 11.4 Å². The average molecular weight is 55.0 g/mol. The molecule has 1 amide bonds. The van der Waals surface area contributed by atoms with Gasteiger partial charge in [-0.25, -0.2) is 4.85 Å². The van der Waals surface area contributed by atoms with E-state index in [1.165, 1.54) is 0 Å². The maximum atomic E-state index is 8.82. The molecule has 0 spiro atoms. The summed E-state index contributed by atoms with van der Waals surface area (Å²) in [6, 6.07) is 0. The molecule has 0 saturated carbocycles. The minimum absolute atomic E-state index is 0.167. The molecule has 0 radical (unpaired) electrons. The molecule has 0 N–H and O–H groups in total. The maximum Gasteiger partial charge on any atom is 0.344 e. The number of carbonyl (C=O) groups excluding carboxylic acids is 1. The van der Waals surface area contributed by atoms with E-state index in [1.54, 1.807) is 0 Å². The lowest BCUT2D eigenvalue weighted by atomic mass is 11.4. The van der Waals surface area contributed by atoms with Gasteiger partial charge < -0.3 is 4.79 Å². The topological polar surface area (TPSA) is 21.4 Å². The van der Waals surface area contributed by atoms with E-state index in [1.807, 2.05) is 0 Å². The first-order valence-corrected chi connectivity index (χ1v) is 0.718. The van der Waals surface area contributed by atoms with Gasteiger partial charge in [0.15, 0.2) is 0 Å². The van der Waals surface area contributed by atoms with Gasteiger partial charge in [0.05, 0.1) is 6.57 Å². The van der Waals surface area contributed by atoms with Crippen LogP contribution >= 0.6 is 0 Å². The second kappa shape index (κ2) is 2.16. The summed E-state index contributed by atoms with van der Waals surface area (Å²) in [5.74, 6) is 0. The Morgan fingerprint density at radius 3 is 2.25 bits per heavy atom. The summed E-state index contributed by atoms with van der Waals surface area (Å²) < 4.78 is 0. The van der Waals surface area contributed by atoms with E-state index in [0.29, 0.717) is 0 Å². The molecule has 0 unspecified atom stereocenters. The van der Waals surface area contributed by atoms with Crippen LogP contribution in [0.4, 0.5) is 0 Å². The summed E-state index contributed by atoms with van der Waals surface area (Å²) >= 11 is 0. The SMILES string of the molecule is [C-]#[N+]C=O. The van der Waals surface area contributed by atoms with Gasteiger partial charge in [-0.2, -0.15) is 0 Å². The zero-order valence-corrected chi connectivity index (χ0v) is 1.93. The molecule has 0 saturated heterocycles. The van der Waals surface area contributed by atoms with Crippen molar-refractivity contribution in [3.63, 3.8) is 0 Å². The van der Waals surface area contributed by atoms with Crippen LogP contribution in [0, 0.1) is 6.57 Å². The smallest absolute Gasteiger partial charge is 0.318 e. The zero-order valence-electron chi connectivity index (χ0n) is 1.93. The van der Waals surface area contributed by atoms with Crippen LogP contribution in [-0.2, 0) is 4.79 Å². The molecule has 20 valence electrons. The molecule has 0 aromatic heterocycles. The summed E-state index contributed by atoms with van der Waals surface area (Å²) in [4.78, 5) is 11.1. The summed E-state index contributed by atoms with van der Waals surface area (Å²) in [7, 11) is 0. The molecule has 0 rings (SSSR count). The van der Waals surface area contributed by atoms with E-state index in [-0.39, 0.29) is 6.41 Å². The Balaban J connectivity index is 2.92. The van der Waals surface area contributed by atoms with E-state index in [2.05, 4.69) is 4.85 Å². The van der Waals surface area contributed by atoms with Crippen LogP contribution in [0.3, 0.4) is 0 Å². The standard InChI is InChI=1S/C2HNO/c1-3-2-4/h2H. The number of hydrogen-bond acceptors (Lipinski definition) is 1. The molecule has 4 heavy (non-hydrogen) atoms. The molecule has 0 aliphatic heterocycles. The van der Waals surface area contributed by atoms with Crippen LogP contribution in [0.2, 0.25) is 0 Å². The van der Waals surface area contributed by atoms with Gasteiger partial charge in [-0.3, -0.25) is 0 Å². The van der Waals surface area contributed by atoms with E-state index in [0.717, 1.165) is 0 Å². The summed E-state index contributed by atoms with van der Waals surface area (Å²) in [5.41, 5.74) is 0. The van der Waals surface area contributed by atoms with Gasteiger partial charge in [-0.15, -0.1) is 0 Å². The Hall–Kier alpha value is -0.840. The predicted octanol–water partition coefficient (Wildman–Crippen LogP) is 0.0621. The van der Waals surface area contributed by atoms with Crippen molar-refractivity contribution in [2.24, 2.45) is 0 Å². The third-order valence-electron chi connectivity index (χ3n) is 0.0527. The highest BCUT2D eigenvalue weighted by Gasteiger charge is 1.39. The van der Waals surface area contributed by atoms with E-state index in [4.69, 9.17) is 11.4 Å². The molecular weight excluding hydrogens is 54.0 g/mol. The molecule has 0 aromatic carbocycles. The fraction of sp³-hybridized carbons (Fsp3) is 0. The van der Waals surface area contributed by atoms with Gasteiger partial charge in [-0.05, 0) is 0 Å². The number of amides is 1. The molecule has 2 heteroatoms. The molecule has 0 heterocycles. The van der Waals surface area contributed by atoms with Crippen molar-refractivity contribution in [1.82, 2.24) is 0 Å². The van der Waals surface area contributed by atoms with Gasteiger partial charge in [0.25, 0.3) is 0 Å². The second-order valence-electron chi connectivity index (χ2n) is 0.235. The molecule has 0 aromatic rings. The van der Waals surface area contributed by atoms with Gasteiger partial charge in [0.1, 0.15) is 0 Å². The highest BCUT2D eigenvalue weighted by atomic mass is 16.1.